The highest BCUT2D eigenvalue weighted by Gasteiger charge is 2.29. The van der Waals surface area contributed by atoms with E-state index in [1.165, 1.54) is 0 Å². The van der Waals surface area contributed by atoms with E-state index in [0.717, 1.165) is 23.1 Å². The number of carbonyl (C=O) groups is 1. The third-order valence-electron chi connectivity index (χ3n) is 6.02. The number of hydrogen-bond acceptors (Lipinski definition) is 6. The SMILES string of the molecule is CCCN(C)C(=O)c1cc(-c2nnc([C@](C)(N)Cc3ccccc3)o2)cc(-c2ccccc2C#N)c1. The number of benzene rings is 3. The predicted octanol–water partition coefficient (Wildman–Crippen LogP) is 5.17. The zero-order valence-corrected chi connectivity index (χ0v) is 20.7. The highest BCUT2D eigenvalue weighted by molar-refractivity contribution is 5.97. The van der Waals surface area contributed by atoms with E-state index in [-0.39, 0.29) is 11.8 Å². The third kappa shape index (κ3) is 5.35. The molecule has 0 unspecified atom stereocenters. The first kappa shape index (κ1) is 24.8. The molecule has 2 N–H and O–H groups in total. The molecule has 0 aliphatic heterocycles. The second-order valence-electron chi connectivity index (χ2n) is 9.18. The molecule has 0 spiro atoms. The van der Waals surface area contributed by atoms with Crippen molar-refractivity contribution in [3.63, 3.8) is 0 Å². The van der Waals surface area contributed by atoms with E-state index in [2.05, 4.69) is 16.3 Å². The van der Waals surface area contributed by atoms with Gasteiger partial charge in [0.1, 0.15) is 0 Å². The van der Waals surface area contributed by atoms with Gasteiger partial charge in [0.15, 0.2) is 0 Å². The van der Waals surface area contributed by atoms with Crippen LogP contribution in [0.3, 0.4) is 0 Å². The topological polar surface area (TPSA) is 109 Å². The molecule has 4 rings (SSSR count). The molecule has 3 aromatic carbocycles. The number of rotatable bonds is 8. The van der Waals surface area contributed by atoms with Crippen molar-refractivity contribution >= 4 is 5.91 Å². The average Bonchev–Trinajstić information content (AvgIpc) is 3.40. The third-order valence-corrected chi connectivity index (χ3v) is 6.02. The van der Waals surface area contributed by atoms with Gasteiger partial charge in [0, 0.05) is 24.7 Å². The maximum absolute atomic E-state index is 13.2. The number of nitrogens with zero attached hydrogens (tertiary/aromatic N) is 4. The highest BCUT2D eigenvalue weighted by Crippen LogP contribution is 2.32. The van der Waals surface area contributed by atoms with Gasteiger partial charge in [-0.15, -0.1) is 10.2 Å². The number of hydrogen-bond donors (Lipinski definition) is 1. The van der Waals surface area contributed by atoms with Gasteiger partial charge in [-0.25, -0.2) is 0 Å². The van der Waals surface area contributed by atoms with E-state index in [1.54, 1.807) is 30.1 Å². The Morgan fingerprint density at radius 2 is 1.75 bits per heavy atom. The zero-order chi connectivity index (χ0) is 25.7. The Labute approximate surface area is 211 Å². The summed E-state index contributed by atoms with van der Waals surface area (Å²) in [6.45, 7) is 4.50. The van der Waals surface area contributed by atoms with E-state index in [4.69, 9.17) is 10.2 Å². The van der Waals surface area contributed by atoms with Crippen LogP contribution in [0.25, 0.3) is 22.6 Å². The summed E-state index contributed by atoms with van der Waals surface area (Å²) >= 11 is 0. The number of aromatic nitrogens is 2. The fourth-order valence-electron chi connectivity index (χ4n) is 4.19. The van der Waals surface area contributed by atoms with E-state index >= 15 is 0 Å². The van der Waals surface area contributed by atoms with Gasteiger partial charge in [-0.2, -0.15) is 5.26 Å². The van der Waals surface area contributed by atoms with Crippen LogP contribution in [-0.4, -0.2) is 34.6 Å². The van der Waals surface area contributed by atoms with Crippen molar-refractivity contribution in [3.8, 4) is 28.7 Å². The largest absolute Gasteiger partial charge is 0.419 e. The normalized spacial score (nSPS) is 12.5. The number of nitriles is 1. The Kier molecular flexibility index (Phi) is 7.28. The first-order chi connectivity index (χ1) is 17.3. The monoisotopic (exact) mass is 479 g/mol. The van der Waals surface area contributed by atoms with Crippen molar-refractivity contribution in [2.75, 3.05) is 13.6 Å². The van der Waals surface area contributed by atoms with Crippen LogP contribution < -0.4 is 5.73 Å². The minimum absolute atomic E-state index is 0.123. The van der Waals surface area contributed by atoms with E-state index in [1.807, 2.05) is 68.4 Å². The van der Waals surface area contributed by atoms with Crippen LogP contribution in [0, 0.1) is 11.3 Å². The molecule has 4 aromatic rings. The second-order valence-corrected chi connectivity index (χ2v) is 9.18. The molecule has 0 saturated carbocycles. The standard InChI is InChI=1S/C29H29N5O2/c1-4-14-34(3)27(35)24-16-22(25-13-9-8-12-21(25)19-30)15-23(17-24)26-32-33-28(36-26)29(2,31)18-20-10-6-5-7-11-20/h5-13,15-17H,4,14,18,31H2,1-3H3/t29-/m1/s1. The van der Waals surface area contributed by atoms with E-state index in [9.17, 15) is 10.1 Å². The van der Waals surface area contributed by atoms with Crippen LogP contribution in [0.2, 0.25) is 0 Å². The van der Waals surface area contributed by atoms with Gasteiger partial charge < -0.3 is 15.1 Å². The molecule has 0 aliphatic carbocycles. The lowest BCUT2D eigenvalue weighted by Gasteiger charge is -2.20. The first-order valence-corrected chi connectivity index (χ1v) is 11.9. The van der Waals surface area contributed by atoms with Crippen molar-refractivity contribution in [2.45, 2.75) is 32.2 Å². The quantitative estimate of drug-likeness (QED) is 0.373. The summed E-state index contributed by atoms with van der Waals surface area (Å²) in [7, 11) is 1.77. The average molecular weight is 480 g/mol. The van der Waals surface area contributed by atoms with Gasteiger partial charge >= 0.3 is 0 Å². The van der Waals surface area contributed by atoms with Gasteiger partial charge in [-0.05, 0) is 60.7 Å². The Hall–Kier alpha value is -4.28. The maximum Gasteiger partial charge on any atom is 0.253 e. The molecule has 1 aromatic heterocycles. The molecule has 1 atom stereocenters. The lowest BCUT2D eigenvalue weighted by Crippen LogP contribution is -2.35. The van der Waals surface area contributed by atoms with E-state index in [0.29, 0.717) is 35.5 Å². The molecule has 1 heterocycles. The molecule has 0 aliphatic rings. The van der Waals surface area contributed by atoms with Crippen LogP contribution in [0.15, 0.2) is 77.2 Å². The summed E-state index contributed by atoms with van der Waals surface area (Å²) in [5, 5.41) is 18.1. The lowest BCUT2D eigenvalue weighted by molar-refractivity contribution is 0.0795. The van der Waals surface area contributed by atoms with Gasteiger partial charge in [-0.1, -0.05) is 55.5 Å². The molecule has 0 bridgehead atoms. The Bertz CT molecular complexity index is 1400. The lowest BCUT2D eigenvalue weighted by atomic mass is 9.94. The second kappa shape index (κ2) is 10.5. The first-order valence-electron chi connectivity index (χ1n) is 11.9. The molecular weight excluding hydrogens is 450 g/mol. The zero-order valence-electron chi connectivity index (χ0n) is 20.7. The maximum atomic E-state index is 13.2. The summed E-state index contributed by atoms with van der Waals surface area (Å²) in [5.41, 5.74) is 9.78. The molecule has 7 nitrogen and oxygen atoms in total. The fourth-order valence-corrected chi connectivity index (χ4v) is 4.19. The summed E-state index contributed by atoms with van der Waals surface area (Å²) < 4.78 is 6.06. The Balaban J connectivity index is 1.77. The van der Waals surface area contributed by atoms with Crippen molar-refractivity contribution in [1.29, 1.82) is 5.26 Å². The Morgan fingerprint density at radius 1 is 1.06 bits per heavy atom. The molecule has 1 amide bonds. The summed E-state index contributed by atoms with van der Waals surface area (Å²) in [5.74, 6) is 0.445. The van der Waals surface area contributed by atoms with Crippen LogP contribution >= 0.6 is 0 Å². The smallest absolute Gasteiger partial charge is 0.253 e. The molecule has 7 heteroatoms. The fraction of sp³-hybridized carbons (Fsp3) is 0.241. The Morgan fingerprint density at radius 3 is 2.47 bits per heavy atom. The number of amides is 1. The summed E-state index contributed by atoms with van der Waals surface area (Å²) in [6.07, 6.45) is 1.37. The van der Waals surface area contributed by atoms with Crippen molar-refractivity contribution in [3.05, 3.63) is 95.4 Å². The summed E-state index contributed by atoms with van der Waals surface area (Å²) in [6, 6.07) is 24.8. The molecular formula is C29H29N5O2. The van der Waals surface area contributed by atoms with Gasteiger partial charge in [0.2, 0.25) is 11.8 Å². The highest BCUT2D eigenvalue weighted by atomic mass is 16.4. The van der Waals surface area contributed by atoms with Crippen LogP contribution in [0.5, 0.6) is 0 Å². The molecule has 0 radical (unpaired) electrons. The number of carbonyl (C=O) groups excluding carboxylic acids is 1. The van der Waals surface area contributed by atoms with Crippen molar-refractivity contribution in [1.82, 2.24) is 15.1 Å². The van der Waals surface area contributed by atoms with Crippen LogP contribution in [0.1, 0.15) is 47.6 Å². The predicted molar refractivity (Wildman–Crippen MR) is 139 cm³/mol. The van der Waals surface area contributed by atoms with Gasteiger partial charge in [0.25, 0.3) is 5.91 Å². The van der Waals surface area contributed by atoms with E-state index < -0.39 is 5.54 Å². The molecule has 0 saturated heterocycles. The van der Waals surface area contributed by atoms with Gasteiger partial charge in [-0.3, -0.25) is 4.79 Å². The van der Waals surface area contributed by atoms with Crippen LogP contribution in [0.4, 0.5) is 0 Å². The van der Waals surface area contributed by atoms with Crippen molar-refractivity contribution < 1.29 is 9.21 Å². The molecule has 36 heavy (non-hydrogen) atoms. The minimum atomic E-state index is -0.877. The molecule has 182 valence electrons. The van der Waals surface area contributed by atoms with Crippen LogP contribution in [-0.2, 0) is 12.0 Å². The number of nitrogens with two attached hydrogens (primary N) is 1. The van der Waals surface area contributed by atoms with Crippen molar-refractivity contribution in [2.24, 2.45) is 5.73 Å². The molecule has 0 fully saturated rings. The minimum Gasteiger partial charge on any atom is -0.419 e. The van der Waals surface area contributed by atoms with Gasteiger partial charge in [0.05, 0.1) is 17.2 Å². The summed E-state index contributed by atoms with van der Waals surface area (Å²) in [4.78, 5) is 14.9.